The molecular weight excluding hydrogens is 138 g/mol. The van der Waals surface area contributed by atoms with E-state index in [1.165, 1.54) is 12.8 Å². The molecule has 0 amide bonds. The molecule has 62 valence electrons. The maximum absolute atomic E-state index is 9.31. The zero-order valence-electron chi connectivity index (χ0n) is 6.79. The Labute approximate surface area is 67.3 Å². The molecule has 2 aliphatic rings. The minimum absolute atomic E-state index is 0.0266. The van der Waals surface area contributed by atoms with Gasteiger partial charge in [0.2, 0.25) is 0 Å². The second kappa shape index (κ2) is 2.59. The summed E-state index contributed by atoms with van der Waals surface area (Å²) in [5.41, 5.74) is 0.471. The van der Waals surface area contributed by atoms with Gasteiger partial charge in [-0.3, -0.25) is 4.99 Å². The zero-order valence-corrected chi connectivity index (χ0v) is 6.79. The van der Waals surface area contributed by atoms with Crippen molar-refractivity contribution in [1.29, 1.82) is 0 Å². The highest BCUT2D eigenvalue weighted by Crippen LogP contribution is 2.41. The lowest BCUT2D eigenvalue weighted by atomic mass is 9.72. The largest absolute Gasteiger partial charge is 0.393 e. The molecule has 1 saturated carbocycles. The summed E-state index contributed by atoms with van der Waals surface area (Å²) < 4.78 is 0. The van der Waals surface area contributed by atoms with Crippen molar-refractivity contribution in [2.75, 3.05) is 6.54 Å². The molecule has 2 heteroatoms. The molecule has 1 fully saturated rings. The van der Waals surface area contributed by atoms with Crippen molar-refractivity contribution in [3.05, 3.63) is 0 Å². The average Bonchev–Trinajstić information content (AvgIpc) is 2.45. The smallest absolute Gasteiger partial charge is 0.0540 e. The van der Waals surface area contributed by atoms with E-state index in [4.69, 9.17) is 0 Å². The molecule has 1 heterocycles. The fourth-order valence-electron chi connectivity index (χ4n) is 2.16. The van der Waals surface area contributed by atoms with Crippen molar-refractivity contribution in [3.63, 3.8) is 0 Å². The number of aliphatic hydroxyl groups excluding tert-OH is 1. The molecule has 1 spiro atoms. The maximum atomic E-state index is 9.31. The van der Waals surface area contributed by atoms with Crippen LogP contribution in [0.5, 0.6) is 0 Å². The Bertz CT molecular complexity index is 158. The molecule has 1 N–H and O–H groups in total. The summed E-state index contributed by atoms with van der Waals surface area (Å²) >= 11 is 0. The van der Waals surface area contributed by atoms with Gasteiger partial charge in [-0.05, 0) is 43.7 Å². The standard InChI is InChI=1S/C9H15NO/c11-8-1-3-9(4-2-8)5-6-10-7-9/h6,8,11H,1-5,7H2. The van der Waals surface area contributed by atoms with Gasteiger partial charge in [-0.2, -0.15) is 0 Å². The molecule has 0 bridgehead atoms. The van der Waals surface area contributed by atoms with E-state index in [0.717, 1.165) is 25.8 Å². The molecule has 2 rings (SSSR count). The van der Waals surface area contributed by atoms with Crippen molar-refractivity contribution in [3.8, 4) is 0 Å². The van der Waals surface area contributed by atoms with Gasteiger partial charge in [-0.15, -0.1) is 0 Å². The molecule has 0 atom stereocenters. The predicted molar refractivity (Wildman–Crippen MR) is 44.9 cm³/mol. The van der Waals surface area contributed by atoms with Crippen molar-refractivity contribution >= 4 is 6.21 Å². The minimum atomic E-state index is -0.0266. The van der Waals surface area contributed by atoms with Crippen LogP contribution < -0.4 is 0 Å². The van der Waals surface area contributed by atoms with Crippen LogP contribution in [0.4, 0.5) is 0 Å². The van der Waals surface area contributed by atoms with Gasteiger partial charge in [0, 0.05) is 6.54 Å². The SMILES string of the molecule is OC1CCC2(CC=NC2)CC1. The summed E-state index contributed by atoms with van der Waals surface area (Å²) in [5.74, 6) is 0. The van der Waals surface area contributed by atoms with Gasteiger partial charge in [0.15, 0.2) is 0 Å². The number of hydrogen-bond donors (Lipinski definition) is 1. The lowest BCUT2D eigenvalue weighted by Crippen LogP contribution is -2.30. The maximum Gasteiger partial charge on any atom is 0.0540 e. The van der Waals surface area contributed by atoms with Crippen molar-refractivity contribution < 1.29 is 5.11 Å². The Morgan fingerprint density at radius 3 is 2.64 bits per heavy atom. The Balaban J connectivity index is 1.96. The van der Waals surface area contributed by atoms with E-state index < -0.39 is 0 Å². The monoisotopic (exact) mass is 153 g/mol. The summed E-state index contributed by atoms with van der Waals surface area (Å²) in [6.07, 6.45) is 7.51. The van der Waals surface area contributed by atoms with E-state index in [1.807, 2.05) is 0 Å². The van der Waals surface area contributed by atoms with Crippen LogP contribution in [0.1, 0.15) is 32.1 Å². The van der Waals surface area contributed by atoms with Crippen molar-refractivity contribution in [2.24, 2.45) is 10.4 Å². The molecule has 0 aromatic carbocycles. The minimum Gasteiger partial charge on any atom is -0.393 e. The Hall–Kier alpha value is -0.370. The number of aliphatic hydroxyl groups is 1. The first-order valence-electron chi connectivity index (χ1n) is 4.47. The first kappa shape index (κ1) is 7.29. The number of aliphatic imine (C=N–C) groups is 1. The van der Waals surface area contributed by atoms with E-state index in [0.29, 0.717) is 5.41 Å². The van der Waals surface area contributed by atoms with Crippen LogP contribution in [0.15, 0.2) is 4.99 Å². The van der Waals surface area contributed by atoms with Crippen LogP contribution in [0, 0.1) is 5.41 Å². The Morgan fingerprint density at radius 1 is 1.36 bits per heavy atom. The third kappa shape index (κ3) is 1.32. The first-order chi connectivity index (χ1) is 5.31. The van der Waals surface area contributed by atoms with Crippen LogP contribution in [-0.2, 0) is 0 Å². The Morgan fingerprint density at radius 2 is 2.09 bits per heavy atom. The van der Waals surface area contributed by atoms with E-state index in [2.05, 4.69) is 11.2 Å². The van der Waals surface area contributed by atoms with Gasteiger partial charge in [-0.1, -0.05) is 0 Å². The Kier molecular flexibility index (Phi) is 1.72. The number of nitrogens with zero attached hydrogens (tertiary/aromatic N) is 1. The summed E-state index contributed by atoms with van der Waals surface area (Å²) in [7, 11) is 0. The third-order valence-corrected chi connectivity index (χ3v) is 3.10. The van der Waals surface area contributed by atoms with Crippen LogP contribution in [0.3, 0.4) is 0 Å². The molecule has 0 radical (unpaired) electrons. The molecule has 0 unspecified atom stereocenters. The normalized spacial score (nSPS) is 43.5. The number of hydrogen-bond acceptors (Lipinski definition) is 2. The van der Waals surface area contributed by atoms with E-state index in [9.17, 15) is 5.11 Å². The first-order valence-corrected chi connectivity index (χ1v) is 4.47. The van der Waals surface area contributed by atoms with Crippen LogP contribution in [-0.4, -0.2) is 24.0 Å². The molecule has 11 heavy (non-hydrogen) atoms. The molecule has 0 aromatic rings. The predicted octanol–water partition coefficient (Wildman–Crippen LogP) is 1.38. The highest BCUT2D eigenvalue weighted by Gasteiger charge is 2.35. The van der Waals surface area contributed by atoms with Gasteiger partial charge < -0.3 is 5.11 Å². The highest BCUT2D eigenvalue weighted by molar-refractivity contribution is 5.61. The third-order valence-electron chi connectivity index (χ3n) is 3.10. The second-order valence-electron chi connectivity index (χ2n) is 3.96. The zero-order chi connectivity index (χ0) is 7.73. The molecule has 1 aliphatic heterocycles. The van der Waals surface area contributed by atoms with Gasteiger partial charge >= 0.3 is 0 Å². The average molecular weight is 153 g/mol. The second-order valence-corrected chi connectivity index (χ2v) is 3.96. The molecule has 1 aliphatic carbocycles. The van der Waals surface area contributed by atoms with Gasteiger partial charge in [0.25, 0.3) is 0 Å². The van der Waals surface area contributed by atoms with Gasteiger partial charge in [0.05, 0.1) is 6.10 Å². The molecule has 0 saturated heterocycles. The van der Waals surface area contributed by atoms with Crippen LogP contribution >= 0.6 is 0 Å². The van der Waals surface area contributed by atoms with Gasteiger partial charge in [-0.25, -0.2) is 0 Å². The fraction of sp³-hybridized carbons (Fsp3) is 0.889. The van der Waals surface area contributed by atoms with Gasteiger partial charge in [0.1, 0.15) is 0 Å². The highest BCUT2D eigenvalue weighted by atomic mass is 16.3. The summed E-state index contributed by atoms with van der Waals surface area (Å²) in [6, 6.07) is 0. The fourth-order valence-corrected chi connectivity index (χ4v) is 2.16. The van der Waals surface area contributed by atoms with Crippen molar-refractivity contribution in [2.45, 2.75) is 38.2 Å². The topological polar surface area (TPSA) is 32.6 Å². The lowest BCUT2D eigenvalue weighted by molar-refractivity contribution is 0.0740. The summed E-state index contributed by atoms with van der Waals surface area (Å²) in [6.45, 7) is 1.01. The van der Waals surface area contributed by atoms with Crippen molar-refractivity contribution in [1.82, 2.24) is 0 Å². The van der Waals surface area contributed by atoms with Crippen LogP contribution in [0.25, 0.3) is 0 Å². The van der Waals surface area contributed by atoms with E-state index in [-0.39, 0.29) is 6.10 Å². The molecule has 2 nitrogen and oxygen atoms in total. The quantitative estimate of drug-likeness (QED) is 0.560. The molecular formula is C9H15NO. The number of rotatable bonds is 0. The van der Waals surface area contributed by atoms with Crippen LogP contribution in [0.2, 0.25) is 0 Å². The summed E-state index contributed by atoms with van der Waals surface area (Å²) in [4.78, 5) is 4.28. The summed E-state index contributed by atoms with van der Waals surface area (Å²) in [5, 5.41) is 9.31. The van der Waals surface area contributed by atoms with E-state index in [1.54, 1.807) is 0 Å². The lowest BCUT2D eigenvalue weighted by Gasteiger charge is -2.34. The van der Waals surface area contributed by atoms with E-state index >= 15 is 0 Å². The molecule has 0 aromatic heterocycles.